The highest BCUT2D eigenvalue weighted by atomic mass is 79.9. The van der Waals surface area contributed by atoms with Gasteiger partial charge in [-0.15, -0.1) is 0 Å². The Hall–Kier alpha value is -0.390. The predicted molar refractivity (Wildman–Crippen MR) is 87.3 cm³/mol. The number of aromatic nitrogens is 2. The van der Waals surface area contributed by atoms with E-state index in [9.17, 15) is 0 Å². The van der Waals surface area contributed by atoms with Crippen LogP contribution in [0.3, 0.4) is 0 Å². The minimum absolute atomic E-state index is 0.247. The van der Waals surface area contributed by atoms with Crippen molar-refractivity contribution in [3.63, 3.8) is 0 Å². The van der Waals surface area contributed by atoms with Crippen molar-refractivity contribution < 1.29 is 0 Å². The van der Waals surface area contributed by atoms with E-state index in [-0.39, 0.29) is 10.8 Å². The summed E-state index contributed by atoms with van der Waals surface area (Å²) in [6, 6.07) is 0. The fraction of sp³-hybridized carbons (Fsp3) is 0.714. The zero-order chi connectivity index (χ0) is 14.8. The van der Waals surface area contributed by atoms with E-state index in [1.165, 1.54) is 19.4 Å². The molecule has 2 heterocycles. The van der Waals surface area contributed by atoms with E-state index >= 15 is 0 Å². The Morgan fingerprint density at radius 3 is 2.95 bits per heavy atom. The molecule has 1 aliphatic rings. The SMILES string of the molecule is CC(C)(C)N1CCC[C@H](CNc2nc(Cl)ncc2Br)C1. The van der Waals surface area contributed by atoms with Crippen LogP contribution in [0.5, 0.6) is 0 Å². The van der Waals surface area contributed by atoms with Crippen LogP contribution in [0.15, 0.2) is 10.7 Å². The molecule has 1 aromatic heterocycles. The maximum absolute atomic E-state index is 5.83. The molecule has 0 unspecified atom stereocenters. The maximum Gasteiger partial charge on any atom is 0.224 e. The molecule has 0 aliphatic carbocycles. The maximum atomic E-state index is 5.83. The van der Waals surface area contributed by atoms with Gasteiger partial charge in [-0.05, 0) is 73.6 Å². The van der Waals surface area contributed by atoms with Crippen LogP contribution in [0.2, 0.25) is 5.28 Å². The summed E-state index contributed by atoms with van der Waals surface area (Å²) in [5.74, 6) is 1.42. The van der Waals surface area contributed by atoms with Crippen LogP contribution in [0.25, 0.3) is 0 Å². The van der Waals surface area contributed by atoms with E-state index in [0.29, 0.717) is 5.92 Å². The molecule has 0 radical (unpaired) electrons. The Morgan fingerprint density at radius 2 is 2.25 bits per heavy atom. The van der Waals surface area contributed by atoms with Crippen molar-refractivity contribution in [2.75, 3.05) is 25.0 Å². The standard InChI is InChI=1S/C14H22BrClN4/c1-14(2,3)20-6-4-5-10(9-20)7-17-12-11(15)8-18-13(16)19-12/h8,10H,4-7,9H2,1-3H3,(H,17,18,19)/t10-/m1/s1. The molecule has 112 valence electrons. The van der Waals surface area contributed by atoms with Gasteiger partial charge in [-0.3, -0.25) is 4.90 Å². The van der Waals surface area contributed by atoms with Crippen molar-refractivity contribution in [1.82, 2.24) is 14.9 Å². The molecule has 1 aromatic rings. The highest BCUT2D eigenvalue weighted by Gasteiger charge is 2.27. The van der Waals surface area contributed by atoms with E-state index in [1.807, 2.05) is 0 Å². The van der Waals surface area contributed by atoms with Crippen molar-refractivity contribution >= 4 is 33.3 Å². The minimum Gasteiger partial charge on any atom is -0.369 e. The summed E-state index contributed by atoms with van der Waals surface area (Å²) in [5, 5.41) is 3.66. The predicted octanol–water partition coefficient (Wildman–Crippen LogP) is 3.81. The lowest BCUT2D eigenvalue weighted by atomic mass is 9.93. The third-order valence-electron chi connectivity index (χ3n) is 3.74. The highest BCUT2D eigenvalue weighted by Crippen LogP contribution is 2.25. The number of hydrogen-bond acceptors (Lipinski definition) is 4. The molecule has 1 atom stereocenters. The third kappa shape index (κ3) is 4.30. The average Bonchev–Trinajstić information content (AvgIpc) is 2.39. The smallest absolute Gasteiger partial charge is 0.224 e. The topological polar surface area (TPSA) is 41.0 Å². The fourth-order valence-electron chi connectivity index (χ4n) is 2.55. The van der Waals surface area contributed by atoms with E-state index in [2.05, 4.69) is 56.9 Å². The van der Waals surface area contributed by atoms with Gasteiger partial charge in [0, 0.05) is 24.8 Å². The third-order valence-corrected chi connectivity index (χ3v) is 4.50. The van der Waals surface area contributed by atoms with Crippen molar-refractivity contribution in [3.05, 3.63) is 16.0 Å². The van der Waals surface area contributed by atoms with Crippen LogP contribution in [0, 0.1) is 5.92 Å². The summed E-state index contributed by atoms with van der Waals surface area (Å²) in [4.78, 5) is 10.7. The Bertz CT molecular complexity index is 461. The van der Waals surface area contributed by atoms with Gasteiger partial charge in [-0.25, -0.2) is 4.98 Å². The normalized spacial score (nSPS) is 20.9. The summed E-state index contributed by atoms with van der Waals surface area (Å²) in [6.07, 6.45) is 4.20. The Balaban J connectivity index is 1.92. The molecule has 2 rings (SSSR count). The Kier molecular flexibility index (Phi) is 5.26. The Morgan fingerprint density at radius 1 is 1.50 bits per heavy atom. The van der Waals surface area contributed by atoms with Crippen LogP contribution in [-0.2, 0) is 0 Å². The van der Waals surface area contributed by atoms with Crippen molar-refractivity contribution in [3.8, 4) is 0 Å². The number of anilines is 1. The van der Waals surface area contributed by atoms with Gasteiger partial charge in [0.15, 0.2) is 0 Å². The van der Waals surface area contributed by atoms with E-state index in [4.69, 9.17) is 11.6 Å². The summed E-state index contributed by atoms with van der Waals surface area (Å²) >= 11 is 9.27. The van der Waals surface area contributed by atoms with Crippen molar-refractivity contribution in [2.24, 2.45) is 5.92 Å². The molecule has 1 N–H and O–H groups in total. The number of rotatable bonds is 3. The second kappa shape index (κ2) is 6.58. The lowest BCUT2D eigenvalue weighted by molar-refractivity contribution is 0.0826. The molecule has 0 aromatic carbocycles. The number of likely N-dealkylation sites (tertiary alicyclic amines) is 1. The molecule has 0 bridgehead atoms. The largest absolute Gasteiger partial charge is 0.369 e. The summed E-state index contributed by atoms with van der Waals surface area (Å²) in [5.41, 5.74) is 0.247. The van der Waals surface area contributed by atoms with Gasteiger partial charge < -0.3 is 5.32 Å². The summed E-state index contributed by atoms with van der Waals surface area (Å²) < 4.78 is 0.852. The number of hydrogen-bond donors (Lipinski definition) is 1. The zero-order valence-electron chi connectivity index (χ0n) is 12.3. The molecule has 0 saturated carbocycles. The van der Waals surface area contributed by atoms with Gasteiger partial charge in [0.05, 0.1) is 4.47 Å². The van der Waals surface area contributed by atoms with Gasteiger partial charge >= 0.3 is 0 Å². The monoisotopic (exact) mass is 360 g/mol. The molecule has 6 heteroatoms. The molecule has 4 nitrogen and oxygen atoms in total. The number of piperidine rings is 1. The van der Waals surface area contributed by atoms with Gasteiger partial charge in [0.2, 0.25) is 5.28 Å². The Labute approximate surface area is 134 Å². The first-order valence-electron chi connectivity index (χ1n) is 7.03. The molecule has 1 saturated heterocycles. The van der Waals surface area contributed by atoms with Crippen LogP contribution >= 0.6 is 27.5 Å². The highest BCUT2D eigenvalue weighted by molar-refractivity contribution is 9.10. The average molecular weight is 362 g/mol. The van der Waals surface area contributed by atoms with Crippen LogP contribution < -0.4 is 5.32 Å². The molecule has 1 aliphatic heterocycles. The van der Waals surface area contributed by atoms with E-state index in [0.717, 1.165) is 23.4 Å². The second-order valence-corrected chi connectivity index (χ2v) is 7.53. The van der Waals surface area contributed by atoms with Crippen LogP contribution in [0.1, 0.15) is 33.6 Å². The molecule has 0 amide bonds. The molecule has 1 fully saturated rings. The van der Waals surface area contributed by atoms with Gasteiger partial charge in [-0.1, -0.05) is 0 Å². The summed E-state index contributed by atoms with van der Waals surface area (Å²) in [6.45, 7) is 10.1. The number of nitrogens with zero attached hydrogens (tertiary/aromatic N) is 3. The minimum atomic E-state index is 0.247. The zero-order valence-corrected chi connectivity index (χ0v) is 14.6. The lowest BCUT2D eigenvalue weighted by Gasteiger charge is -2.41. The number of nitrogens with one attached hydrogen (secondary N) is 1. The van der Waals surface area contributed by atoms with Crippen molar-refractivity contribution in [2.45, 2.75) is 39.2 Å². The van der Waals surface area contributed by atoms with E-state index < -0.39 is 0 Å². The molecule has 0 spiro atoms. The fourth-order valence-corrected chi connectivity index (χ4v) is 3.02. The molecular formula is C14H22BrClN4. The second-order valence-electron chi connectivity index (χ2n) is 6.34. The van der Waals surface area contributed by atoms with Gasteiger partial charge in [0.25, 0.3) is 0 Å². The van der Waals surface area contributed by atoms with Gasteiger partial charge in [0.1, 0.15) is 5.82 Å². The summed E-state index contributed by atoms with van der Waals surface area (Å²) in [7, 11) is 0. The van der Waals surface area contributed by atoms with E-state index in [1.54, 1.807) is 6.20 Å². The first-order chi connectivity index (χ1) is 9.36. The van der Waals surface area contributed by atoms with Gasteiger partial charge in [-0.2, -0.15) is 4.98 Å². The van der Waals surface area contributed by atoms with Crippen LogP contribution in [-0.4, -0.2) is 40.0 Å². The first kappa shape index (κ1) is 16.0. The molecule has 20 heavy (non-hydrogen) atoms. The molecular weight excluding hydrogens is 340 g/mol. The lowest BCUT2D eigenvalue weighted by Crippen LogP contribution is -2.48. The number of halogens is 2. The van der Waals surface area contributed by atoms with Crippen molar-refractivity contribution in [1.29, 1.82) is 0 Å². The quantitative estimate of drug-likeness (QED) is 0.831. The first-order valence-corrected chi connectivity index (χ1v) is 8.20. The van der Waals surface area contributed by atoms with Crippen LogP contribution in [0.4, 0.5) is 5.82 Å².